The number of nitriles is 1. The van der Waals surface area contributed by atoms with Crippen LogP contribution in [0.15, 0.2) is 24.3 Å². The van der Waals surface area contributed by atoms with E-state index in [0.717, 1.165) is 18.7 Å². The second-order valence-corrected chi connectivity index (χ2v) is 4.15. The summed E-state index contributed by atoms with van der Waals surface area (Å²) in [5.74, 6) is 0. The smallest absolute Gasteiger partial charge is 0.111 e. The second-order valence-electron chi connectivity index (χ2n) is 4.15. The van der Waals surface area contributed by atoms with E-state index in [1.54, 1.807) is 6.07 Å². The maximum absolute atomic E-state index is 10.1. The third kappa shape index (κ3) is 3.27. The van der Waals surface area contributed by atoms with Crippen LogP contribution in [-0.4, -0.2) is 42.5 Å². The van der Waals surface area contributed by atoms with Gasteiger partial charge < -0.3 is 9.84 Å². The van der Waals surface area contributed by atoms with Crippen molar-refractivity contribution in [1.82, 2.24) is 4.90 Å². The molecule has 1 unspecified atom stereocenters. The van der Waals surface area contributed by atoms with Crippen LogP contribution in [0.5, 0.6) is 0 Å². The molecule has 4 nitrogen and oxygen atoms in total. The summed E-state index contributed by atoms with van der Waals surface area (Å²) in [5.41, 5.74) is 1.62. The lowest BCUT2D eigenvalue weighted by molar-refractivity contribution is -0.0575. The highest BCUT2D eigenvalue weighted by molar-refractivity contribution is 5.32. The Morgan fingerprint density at radius 3 is 2.88 bits per heavy atom. The maximum atomic E-state index is 10.1. The SMILES string of the molecule is N#Cc1cccc(CC(O)N2CCOCC2)c1. The first kappa shape index (κ1) is 12.1. The summed E-state index contributed by atoms with van der Waals surface area (Å²) in [4.78, 5) is 2.00. The molecule has 4 heteroatoms. The van der Waals surface area contributed by atoms with Gasteiger partial charge in [-0.05, 0) is 17.7 Å². The Bertz CT molecular complexity index is 408. The predicted molar refractivity (Wildman–Crippen MR) is 63.3 cm³/mol. The van der Waals surface area contributed by atoms with Crippen LogP contribution < -0.4 is 0 Å². The van der Waals surface area contributed by atoms with Gasteiger partial charge in [0.15, 0.2) is 0 Å². The molecular weight excluding hydrogens is 216 g/mol. The number of rotatable bonds is 3. The first-order valence-electron chi connectivity index (χ1n) is 5.78. The van der Waals surface area contributed by atoms with Gasteiger partial charge in [0.1, 0.15) is 6.23 Å². The molecule has 0 radical (unpaired) electrons. The van der Waals surface area contributed by atoms with Crippen molar-refractivity contribution in [3.8, 4) is 6.07 Å². The molecule has 0 aromatic heterocycles. The predicted octanol–water partition coefficient (Wildman–Crippen LogP) is 0.751. The molecule has 1 aromatic rings. The van der Waals surface area contributed by atoms with Crippen molar-refractivity contribution in [2.75, 3.05) is 26.3 Å². The van der Waals surface area contributed by atoms with Crippen molar-refractivity contribution in [2.24, 2.45) is 0 Å². The van der Waals surface area contributed by atoms with Gasteiger partial charge in [0.05, 0.1) is 24.8 Å². The Kier molecular flexibility index (Phi) is 4.10. The van der Waals surface area contributed by atoms with Gasteiger partial charge in [0.2, 0.25) is 0 Å². The van der Waals surface area contributed by atoms with Gasteiger partial charge in [-0.2, -0.15) is 5.26 Å². The van der Waals surface area contributed by atoms with E-state index in [1.807, 2.05) is 23.1 Å². The fourth-order valence-electron chi connectivity index (χ4n) is 1.98. The third-order valence-electron chi connectivity index (χ3n) is 2.94. The number of aliphatic hydroxyl groups is 1. The summed E-state index contributed by atoms with van der Waals surface area (Å²) in [7, 11) is 0. The van der Waals surface area contributed by atoms with Crippen LogP contribution >= 0.6 is 0 Å². The number of aliphatic hydroxyl groups excluding tert-OH is 1. The number of hydrogen-bond donors (Lipinski definition) is 1. The van der Waals surface area contributed by atoms with E-state index in [1.165, 1.54) is 0 Å². The molecule has 1 aliphatic heterocycles. The topological polar surface area (TPSA) is 56.5 Å². The Balaban J connectivity index is 1.97. The zero-order valence-corrected chi connectivity index (χ0v) is 9.67. The number of benzene rings is 1. The van der Waals surface area contributed by atoms with E-state index < -0.39 is 6.23 Å². The molecule has 0 spiro atoms. The molecular formula is C13H16N2O2. The maximum Gasteiger partial charge on any atom is 0.111 e. The number of hydrogen-bond acceptors (Lipinski definition) is 4. The molecule has 1 fully saturated rings. The van der Waals surface area contributed by atoms with Gasteiger partial charge in [0.25, 0.3) is 0 Å². The first-order chi connectivity index (χ1) is 8.29. The summed E-state index contributed by atoms with van der Waals surface area (Å²) < 4.78 is 5.24. The molecule has 1 aliphatic rings. The fraction of sp³-hybridized carbons (Fsp3) is 0.462. The van der Waals surface area contributed by atoms with E-state index in [4.69, 9.17) is 10.00 Å². The largest absolute Gasteiger partial charge is 0.379 e. The summed E-state index contributed by atoms with van der Waals surface area (Å²) in [6.45, 7) is 2.88. The average molecular weight is 232 g/mol. The molecule has 0 amide bonds. The van der Waals surface area contributed by atoms with Crippen LogP contribution in [0.2, 0.25) is 0 Å². The summed E-state index contributed by atoms with van der Waals surface area (Å²) >= 11 is 0. The third-order valence-corrected chi connectivity index (χ3v) is 2.94. The molecule has 17 heavy (non-hydrogen) atoms. The normalized spacial score (nSPS) is 18.6. The zero-order valence-electron chi connectivity index (χ0n) is 9.67. The molecule has 1 heterocycles. The minimum atomic E-state index is -0.493. The van der Waals surface area contributed by atoms with E-state index in [0.29, 0.717) is 25.2 Å². The number of morpholine rings is 1. The van der Waals surface area contributed by atoms with Gasteiger partial charge in [-0.15, -0.1) is 0 Å². The van der Waals surface area contributed by atoms with Crippen molar-refractivity contribution < 1.29 is 9.84 Å². The molecule has 1 aromatic carbocycles. The van der Waals surface area contributed by atoms with Gasteiger partial charge in [-0.25, -0.2) is 0 Å². The molecule has 0 aliphatic carbocycles. The van der Waals surface area contributed by atoms with E-state index in [2.05, 4.69) is 6.07 Å². The van der Waals surface area contributed by atoms with Crippen LogP contribution in [0.3, 0.4) is 0 Å². The number of ether oxygens (including phenoxy) is 1. The van der Waals surface area contributed by atoms with Crippen LogP contribution in [0, 0.1) is 11.3 Å². The van der Waals surface area contributed by atoms with E-state index in [-0.39, 0.29) is 0 Å². The summed E-state index contributed by atoms with van der Waals surface area (Å²) in [6, 6.07) is 9.48. The molecule has 1 atom stereocenters. The monoisotopic (exact) mass is 232 g/mol. The Morgan fingerprint density at radius 1 is 1.41 bits per heavy atom. The van der Waals surface area contributed by atoms with Crippen molar-refractivity contribution in [3.63, 3.8) is 0 Å². The van der Waals surface area contributed by atoms with Crippen molar-refractivity contribution in [3.05, 3.63) is 35.4 Å². The van der Waals surface area contributed by atoms with Gasteiger partial charge in [-0.3, -0.25) is 4.90 Å². The second kappa shape index (κ2) is 5.78. The lowest BCUT2D eigenvalue weighted by atomic mass is 10.1. The molecule has 2 rings (SSSR count). The Hall–Kier alpha value is -1.41. The Labute approximate surface area is 101 Å². The molecule has 1 saturated heterocycles. The standard InChI is InChI=1S/C13H16N2O2/c14-10-12-3-1-2-11(8-12)9-13(16)15-4-6-17-7-5-15/h1-3,8,13,16H,4-7,9H2. The minimum Gasteiger partial charge on any atom is -0.379 e. The van der Waals surface area contributed by atoms with E-state index >= 15 is 0 Å². The van der Waals surface area contributed by atoms with Crippen LogP contribution in [0.25, 0.3) is 0 Å². The van der Waals surface area contributed by atoms with E-state index in [9.17, 15) is 5.11 Å². The van der Waals surface area contributed by atoms with Crippen molar-refractivity contribution in [2.45, 2.75) is 12.6 Å². The highest BCUT2D eigenvalue weighted by Crippen LogP contribution is 2.10. The first-order valence-corrected chi connectivity index (χ1v) is 5.78. The average Bonchev–Trinajstić information content (AvgIpc) is 2.40. The quantitative estimate of drug-likeness (QED) is 0.835. The minimum absolute atomic E-state index is 0.493. The fourth-order valence-corrected chi connectivity index (χ4v) is 1.98. The molecule has 0 saturated carbocycles. The van der Waals surface area contributed by atoms with Crippen LogP contribution in [0.4, 0.5) is 0 Å². The molecule has 0 bridgehead atoms. The molecule has 90 valence electrons. The highest BCUT2D eigenvalue weighted by atomic mass is 16.5. The van der Waals surface area contributed by atoms with Gasteiger partial charge in [-0.1, -0.05) is 12.1 Å². The molecule has 1 N–H and O–H groups in total. The van der Waals surface area contributed by atoms with Crippen molar-refractivity contribution in [1.29, 1.82) is 5.26 Å². The van der Waals surface area contributed by atoms with Crippen LogP contribution in [0.1, 0.15) is 11.1 Å². The summed E-state index contributed by atoms with van der Waals surface area (Å²) in [6.07, 6.45) is 0.0584. The Morgan fingerprint density at radius 2 is 2.18 bits per heavy atom. The lowest BCUT2D eigenvalue weighted by Gasteiger charge is -2.31. The van der Waals surface area contributed by atoms with Crippen molar-refractivity contribution >= 4 is 0 Å². The lowest BCUT2D eigenvalue weighted by Crippen LogP contribution is -2.44. The highest BCUT2D eigenvalue weighted by Gasteiger charge is 2.18. The van der Waals surface area contributed by atoms with Gasteiger partial charge in [0, 0.05) is 19.5 Å². The van der Waals surface area contributed by atoms with Gasteiger partial charge >= 0.3 is 0 Å². The zero-order chi connectivity index (χ0) is 12.1. The number of nitrogens with zero attached hydrogens (tertiary/aromatic N) is 2. The van der Waals surface area contributed by atoms with Crippen LogP contribution in [-0.2, 0) is 11.2 Å². The summed E-state index contributed by atoms with van der Waals surface area (Å²) in [5, 5.41) is 18.9.